The summed E-state index contributed by atoms with van der Waals surface area (Å²) in [7, 11) is 3.60. The first-order valence-corrected chi connectivity index (χ1v) is 22.1. The van der Waals surface area contributed by atoms with Gasteiger partial charge in [0.05, 0.1) is 96.4 Å². The number of rotatable bonds is 13. The first-order valence-electron chi connectivity index (χ1n) is 21.0. The van der Waals surface area contributed by atoms with E-state index < -0.39 is 89.3 Å². The first-order chi connectivity index (χ1) is 34.1. The molecule has 0 aliphatic carbocycles. The molecule has 0 unspecified atom stereocenters. The average molecular weight is 1090 g/mol. The summed E-state index contributed by atoms with van der Waals surface area (Å²) in [6, 6.07) is 2.53. The lowest BCUT2D eigenvalue weighted by Gasteiger charge is -2.27. The Labute approximate surface area is 421 Å². The Balaban J connectivity index is 0.000000221. The van der Waals surface area contributed by atoms with Crippen molar-refractivity contribution in [2.45, 2.75) is 70.4 Å². The SMILES string of the molecule is COC(=O)C(F)(C(=O)OC)c1nc(C)nc(Cl)c1C1OCCO1.COC(=O)C(F)(C(=O)OC)c1nc(C)nc(N[C@H](C)c2cccc(C(F)F)c2F)c1C1OCCO1.Cc1nc(Cl)c(C2OCCO2)c(Cl)n1. The zero-order valence-corrected chi connectivity index (χ0v) is 41.6. The molecule has 72 heavy (non-hydrogen) atoms. The number of alkyl halides is 4. The van der Waals surface area contributed by atoms with Gasteiger partial charge in [-0.2, -0.15) is 0 Å². The highest BCUT2D eigenvalue weighted by molar-refractivity contribution is 6.34. The number of benzene rings is 1. The molecular formula is C43H45Cl3F5N7O14. The number of methoxy groups -OCH3 is 4. The molecule has 3 fully saturated rings. The van der Waals surface area contributed by atoms with Crippen LogP contribution in [0.2, 0.25) is 15.5 Å². The summed E-state index contributed by atoms with van der Waals surface area (Å²) in [5.74, 6) is -7.06. The number of esters is 4. The normalized spacial score (nSPS) is 15.8. The number of halogens is 8. The van der Waals surface area contributed by atoms with Gasteiger partial charge in [0, 0.05) is 5.56 Å². The molecule has 1 atom stereocenters. The van der Waals surface area contributed by atoms with Crippen molar-refractivity contribution >= 4 is 64.5 Å². The van der Waals surface area contributed by atoms with Crippen LogP contribution < -0.4 is 5.32 Å². The predicted octanol–water partition coefficient (Wildman–Crippen LogP) is 6.72. The van der Waals surface area contributed by atoms with Gasteiger partial charge >= 0.3 is 35.2 Å². The van der Waals surface area contributed by atoms with E-state index in [1.54, 1.807) is 6.92 Å². The highest BCUT2D eigenvalue weighted by atomic mass is 35.5. The molecule has 3 aromatic heterocycles. The number of nitrogens with zero attached hydrogens (tertiary/aromatic N) is 6. The van der Waals surface area contributed by atoms with Gasteiger partial charge in [0.1, 0.15) is 56.0 Å². The van der Waals surface area contributed by atoms with Gasteiger partial charge < -0.3 is 52.7 Å². The minimum atomic E-state index is -3.53. The Morgan fingerprint density at radius 1 is 0.583 bits per heavy atom. The molecule has 21 nitrogen and oxygen atoms in total. The van der Waals surface area contributed by atoms with Crippen molar-refractivity contribution in [3.8, 4) is 0 Å². The number of nitrogens with one attached hydrogen (secondary N) is 1. The number of ether oxygens (including phenoxy) is 10. The molecule has 7 rings (SSSR count). The Morgan fingerprint density at radius 2 is 0.917 bits per heavy atom. The predicted molar refractivity (Wildman–Crippen MR) is 236 cm³/mol. The van der Waals surface area contributed by atoms with Gasteiger partial charge in [-0.15, -0.1) is 0 Å². The summed E-state index contributed by atoms with van der Waals surface area (Å²) in [4.78, 5) is 72.6. The molecule has 0 radical (unpaired) electrons. The van der Waals surface area contributed by atoms with Crippen LogP contribution in [0.25, 0.3) is 0 Å². The van der Waals surface area contributed by atoms with Crippen LogP contribution in [0.5, 0.6) is 0 Å². The van der Waals surface area contributed by atoms with Crippen molar-refractivity contribution in [2.24, 2.45) is 0 Å². The van der Waals surface area contributed by atoms with E-state index in [1.807, 2.05) is 0 Å². The van der Waals surface area contributed by atoms with Crippen LogP contribution >= 0.6 is 34.8 Å². The molecule has 0 spiro atoms. The lowest BCUT2D eigenvalue weighted by atomic mass is 9.95. The Bertz CT molecular complexity index is 2580. The minimum absolute atomic E-state index is 0.0431. The summed E-state index contributed by atoms with van der Waals surface area (Å²) in [5, 5.41) is 3.18. The van der Waals surface area contributed by atoms with Crippen molar-refractivity contribution in [3.05, 3.63) is 96.2 Å². The minimum Gasteiger partial charge on any atom is -0.466 e. The molecule has 0 amide bonds. The van der Waals surface area contributed by atoms with Crippen LogP contribution in [0.1, 0.15) is 94.9 Å². The fourth-order valence-electron chi connectivity index (χ4n) is 6.95. The van der Waals surface area contributed by atoms with E-state index in [0.717, 1.165) is 34.5 Å². The molecule has 6 heterocycles. The van der Waals surface area contributed by atoms with Crippen molar-refractivity contribution < 1.29 is 88.5 Å². The number of anilines is 1. The van der Waals surface area contributed by atoms with Gasteiger partial charge in [-0.05, 0) is 27.7 Å². The van der Waals surface area contributed by atoms with Gasteiger partial charge in [0.25, 0.3) is 6.43 Å². The largest absolute Gasteiger partial charge is 0.466 e. The monoisotopic (exact) mass is 1080 g/mol. The third-order valence-electron chi connectivity index (χ3n) is 10.2. The highest BCUT2D eigenvalue weighted by Crippen LogP contribution is 2.42. The van der Waals surface area contributed by atoms with Crippen LogP contribution in [-0.4, -0.2) is 122 Å². The summed E-state index contributed by atoms with van der Waals surface area (Å²) < 4.78 is 122. The van der Waals surface area contributed by atoms with E-state index in [-0.39, 0.29) is 76.0 Å². The molecule has 4 aromatic rings. The van der Waals surface area contributed by atoms with Gasteiger partial charge in [0.2, 0.25) is 0 Å². The summed E-state index contributed by atoms with van der Waals surface area (Å²) in [6.45, 7) is 7.65. The zero-order valence-electron chi connectivity index (χ0n) is 39.3. The van der Waals surface area contributed by atoms with Crippen LogP contribution in [0.3, 0.4) is 0 Å². The second-order valence-corrected chi connectivity index (χ2v) is 16.0. The van der Waals surface area contributed by atoms with E-state index in [9.17, 15) is 32.3 Å². The number of aromatic nitrogens is 6. The fourth-order valence-corrected chi connectivity index (χ4v) is 7.90. The van der Waals surface area contributed by atoms with Crippen molar-refractivity contribution in [3.63, 3.8) is 0 Å². The number of carbonyl (C=O) groups excluding carboxylic acids is 4. The molecule has 0 bridgehead atoms. The van der Waals surface area contributed by atoms with E-state index in [1.165, 1.54) is 32.9 Å². The molecule has 3 saturated heterocycles. The second kappa shape index (κ2) is 24.9. The molecule has 0 saturated carbocycles. The number of aryl methyl sites for hydroxylation is 3. The fraction of sp³-hybridized carbons (Fsp3) is 0.488. The topological polar surface area (TPSA) is 250 Å². The first kappa shape index (κ1) is 57.3. The van der Waals surface area contributed by atoms with Crippen molar-refractivity contribution in [1.29, 1.82) is 0 Å². The van der Waals surface area contributed by atoms with Gasteiger partial charge in [-0.1, -0.05) is 53.0 Å². The molecule has 3 aliphatic rings. The molecular weight excluding hydrogens is 1040 g/mol. The van der Waals surface area contributed by atoms with Crippen molar-refractivity contribution in [1.82, 2.24) is 29.9 Å². The Kier molecular flexibility index (Phi) is 19.8. The van der Waals surface area contributed by atoms with Gasteiger partial charge in [-0.25, -0.2) is 71.0 Å². The summed E-state index contributed by atoms with van der Waals surface area (Å²) >= 11 is 17.9. The third kappa shape index (κ3) is 12.3. The standard InChI is InChI=1S/C22H23F4N3O6.C13H14ClFN2O6.C8H8Cl2N2O2/c1-10(12-6-5-7-13(15(12)23)17(24)25)27-18-14(19-34-8-9-35-19)16(28-11(2)29-18)22(26,20(30)32-3)21(31)33-4;1-6-16-8(13(15,11(18)20-2)12(19)21-3)7(9(14)17-6)10-22-4-5-23-10;1-4-11-6(9)5(7(10)12-4)8-13-2-3-14-8/h5-7,10,17,19H,8-9H2,1-4H3,(H,27,28,29);10H,4-5H2,1-3H3;8H,2-3H2,1H3/t10-;;/m1../s1. The quantitative estimate of drug-likeness (QED) is 0.0479. The van der Waals surface area contributed by atoms with Crippen LogP contribution in [-0.2, 0) is 77.9 Å². The molecule has 3 aliphatic heterocycles. The number of hydrogen-bond acceptors (Lipinski definition) is 21. The maximum atomic E-state index is 16.1. The summed E-state index contributed by atoms with van der Waals surface area (Å²) in [6.07, 6.45) is -6.00. The van der Waals surface area contributed by atoms with Gasteiger partial charge in [-0.3, -0.25) is 0 Å². The van der Waals surface area contributed by atoms with E-state index in [2.05, 4.69) is 54.2 Å². The summed E-state index contributed by atoms with van der Waals surface area (Å²) in [5.41, 5.74) is -9.08. The maximum Gasteiger partial charge on any atom is 0.362 e. The maximum absolute atomic E-state index is 16.1. The molecule has 29 heteroatoms. The van der Waals surface area contributed by atoms with E-state index in [0.29, 0.717) is 24.6 Å². The third-order valence-corrected chi connectivity index (χ3v) is 11.1. The average Bonchev–Trinajstić information content (AvgIpc) is 4.19. The molecule has 392 valence electrons. The van der Waals surface area contributed by atoms with E-state index in [4.69, 9.17) is 63.2 Å². The second-order valence-electron chi connectivity index (χ2n) is 14.9. The highest BCUT2D eigenvalue weighted by Gasteiger charge is 2.57. The van der Waals surface area contributed by atoms with E-state index >= 15 is 8.78 Å². The van der Waals surface area contributed by atoms with Crippen molar-refractivity contribution in [2.75, 3.05) is 73.4 Å². The Hall–Kier alpha value is -5.58. The Morgan fingerprint density at radius 3 is 1.32 bits per heavy atom. The molecule has 1 aromatic carbocycles. The van der Waals surface area contributed by atoms with Crippen LogP contribution in [0, 0.1) is 26.6 Å². The number of hydrogen-bond donors (Lipinski definition) is 1. The molecule has 1 N–H and O–H groups in total. The number of carbonyl (C=O) groups is 4. The van der Waals surface area contributed by atoms with Gasteiger partial charge in [0.15, 0.2) is 18.9 Å². The van der Waals surface area contributed by atoms with Crippen LogP contribution in [0.4, 0.5) is 27.8 Å². The van der Waals surface area contributed by atoms with Crippen LogP contribution in [0.15, 0.2) is 18.2 Å². The zero-order chi connectivity index (χ0) is 53.2. The lowest BCUT2D eigenvalue weighted by molar-refractivity contribution is -0.174. The lowest BCUT2D eigenvalue weighted by Crippen LogP contribution is -2.43. The smallest absolute Gasteiger partial charge is 0.362 e.